The number of hydrogen-bond acceptors (Lipinski definition) is 8. The Balaban J connectivity index is 1.62. The van der Waals surface area contributed by atoms with Crippen molar-refractivity contribution in [2.24, 2.45) is 0 Å². The van der Waals surface area contributed by atoms with Crippen molar-refractivity contribution in [3.8, 4) is 28.5 Å². The van der Waals surface area contributed by atoms with Gasteiger partial charge in [0.2, 0.25) is 0 Å². The van der Waals surface area contributed by atoms with E-state index < -0.39 is 10.8 Å². The molecule has 2 heterocycles. The maximum atomic E-state index is 12.8. The van der Waals surface area contributed by atoms with Gasteiger partial charge in [0.25, 0.3) is 11.6 Å². The second-order valence-corrected chi connectivity index (χ2v) is 7.58. The standard InChI is InChI=1S/C20H17N3O6S/c1-11-18(12-3-5-13(27-2)6-4-12)21-20(30-11)22-19(24)14-9-16-17(29-8-7-28-16)10-15(14)23(25)26/h3-6,9-10H,7-8H2,1-2H3,(H,21,22,24). The Labute approximate surface area is 175 Å². The van der Waals surface area contributed by atoms with Crippen LogP contribution in [0.1, 0.15) is 15.2 Å². The average molecular weight is 427 g/mol. The zero-order valence-electron chi connectivity index (χ0n) is 16.1. The van der Waals surface area contributed by atoms with Gasteiger partial charge in [0.05, 0.1) is 23.8 Å². The molecule has 1 aromatic heterocycles. The number of carbonyl (C=O) groups is 1. The van der Waals surface area contributed by atoms with Gasteiger partial charge in [0.1, 0.15) is 24.5 Å². The number of aryl methyl sites for hydroxylation is 1. The number of anilines is 1. The van der Waals surface area contributed by atoms with Crippen molar-refractivity contribution in [1.82, 2.24) is 4.98 Å². The summed E-state index contributed by atoms with van der Waals surface area (Å²) in [5.41, 5.74) is 1.11. The van der Waals surface area contributed by atoms with E-state index in [0.717, 1.165) is 21.9 Å². The predicted molar refractivity (Wildman–Crippen MR) is 111 cm³/mol. The van der Waals surface area contributed by atoms with Gasteiger partial charge in [-0.05, 0) is 31.2 Å². The lowest BCUT2D eigenvalue weighted by Gasteiger charge is -2.18. The molecule has 1 N–H and O–H groups in total. The SMILES string of the molecule is COc1ccc(-c2nc(NC(=O)c3cc4c(cc3[N+](=O)[O-])OCCO4)sc2C)cc1. The number of thiazole rings is 1. The Hall–Kier alpha value is -3.66. The number of hydrogen-bond donors (Lipinski definition) is 1. The summed E-state index contributed by atoms with van der Waals surface area (Å²) in [4.78, 5) is 29.0. The second kappa shape index (κ2) is 7.99. The Kier molecular flexibility index (Phi) is 5.23. The highest BCUT2D eigenvalue weighted by molar-refractivity contribution is 7.16. The highest BCUT2D eigenvalue weighted by atomic mass is 32.1. The molecule has 154 valence electrons. The average Bonchev–Trinajstić information content (AvgIpc) is 3.12. The van der Waals surface area contributed by atoms with Crippen LogP contribution in [-0.4, -0.2) is 36.1 Å². The van der Waals surface area contributed by atoms with E-state index in [2.05, 4.69) is 10.3 Å². The molecule has 0 spiro atoms. The quantitative estimate of drug-likeness (QED) is 0.482. The fraction of sp³-hybridized carbons (Fsp3) is 0.200. The zero-order valence-corrected chi connectivity index (χ0v) is 16.9. The van der Waals surface area contributed by atoms with Crippen LogP contribution in [0.15, 0.2) is 36.4 Å². The number of nitro groups is 1. The number of fused-ring (bicyclic) bond motifs is 1. The molecule has 4 rings (SSSR count). The van der Waals surface area contributed by atoms with Gasteiger partial charge in [-0.15, -0.1) is 11.3 Å². The second-order valence-electron chi connectivity index (χ2n) is 6.38. The van der Waals surface area contributed by atoms with Crippen molar-refractivity contribution >= 4 is 28.1 Å². The number of carbonyl (C=O) groups excluding carboxylic acids is 1. The van der Waals surface area contributed by atoms with E-state index in [1.165, 1.54) is 23.5 Å². The molecule has 1 aliphatic rings. The van der Waals surface area contributed by atoms with Crippen molar-refractivity contribution in [3.05, 3.63) is 57.0 Å². The lowest BCUT2D eigenvalue weighted by atomic mass is 10.1. The summed E-state index contributed by atoms with van der Waals surface area (Å²) in [6.07, 6.45) is 0. The van der Waals surface area contributed by atoms with Crippen molar-refractivity contribution < 1.29 is 23.9 Å². The van der Waals surface area contributed by atoms with E-state index in [0.29, 0.717) is 24.1 Å². The molecule has 3 aromatic rings. The number of nitrogens with zero attached hydrogens (tertiary/aromatic N) is 2. The predicted octanol–water partition coefficient (Wildman–Crippen LogP) is 4.06. The number of nitrogens with one attached hydrogen (secondary N) is 1. The summed E-state index contributed by atoms with van der Waals surface area (Å²) in [6, 6.07) is 9.93. The van der Waals surface area contributed by atoms with Gasteiger partial charge in [-0.25, -0.2) is 4.98 Å². The summed E-state index contributed by atoms with van der Waals surface area (Å²) in [5.74, 6) is 0.627. The maximum absolute atomic E-state index is 12.8. The number of rotatable bonds is 5. The lowest BCUT2D eigenvalue weighted by molar-refractivity contribution is -0.385. The number of benzene rings is 2. The molecule has 10 heteroatoms. The molecule has 0 saturated carbocycles. The van der Waals surface area contributed by atoms with Crippen LogP contribution in [-0.2, 0) is 0 Å². The molecule has 2 aromatic carbocycles. The Morgan fingerprint density at radius 2 is 1.87 bits per heavy atom. The largest absolute Gasteiger partial charge is 0.497 e. The molecule has 0 atom stereocenters. The smallest absolute Gasteiger partial charge is 0.286 e. The van der Waals surface area contributed by atoms with Crippen LogP contribution in [0.5, 0.6) is 17.2 Å². The third kappa shape index (κ3) is 3.77. The van der Waals surface area contributed by atoms with Crippen LogP contribution in [0, 0.1) is 17.0 Å². The molecule has 9 nitrogen and oxygen atoms in total. The van der Waals surface area contributed by atoms with Gasteiger partial charge >= 0.3 is 0 Å². The van der Waals surface area contributed by atoms with Crippen molar-refractivity contribution in [2.45, 2.75) is 6.92 Å². The van der Waals surface area contributed by atoms with Crippen molar-refractivity contribution in [1.29, 1.82) is 0 Å². The molecular formula is C20H17N3O6S. The first-order valence-electron chi connectivity index (χ1n) is 8.97. The minimum absolute atomic E-state index is 0.122. The van der Waals surface area contributed by atoms with Crippen LogP contribution in [0.3, 0.4) is 0 Å². The van der Waals surface area contributed by atoms with E-state index in [9.17, 15) is 14.9 Å². The van der Waals surface area contributed by atoms with Gasteiger partial charge in [0.15, 0.2) is 16.6 Å². The Bertz CT molecular complexity index is 1130. The summed E-state index contributed by atoms with van der Waals surface area (Å²) in [7, 11) is 1.59. The van der Waals surface area contributed by atoms with E-state index in [4.69, 9.17) is 14.2 Å². The molecule has 0 fully saturated rings. The van der Waals surface area contributed by atoms with Gasteiger partial charge in [-0.3, -0.25) is 20.2 Å². The number of aromatic nitrogens is 1. The molecule has 0 unspecified atom stereocenters. The van der Waals surface area contributed by atoms with Gasteiger partial charge in [-0.2, -0.15) is 0 Å². The summed E-state index contributed by atoms with van der Waals surface area (Å²) >= 11 is 1.29. The minimum Gasteiger partial charge on any atom is -0.497 e. The Morgan fingerprint density at radius 1 is 1.20 bits per heavy atom. The first-order chi connectivity index (χ1) is 14.5. The highest BCUT2D eigenvalue weighted by Crippen LogP contribution is 2.37. The first kappa shape index (κ1) is 19.6. The molecule has 0 bridgehead atoms. The third-order valence-corrected chi connectivity index (χ3v) is 5.37. The monoisotopic (exact) mass is 427 g/mol. The summed E-state index contributed by atoms with van der Waals surface area (Å²) < 4.78 is 16.0. The fourth-order valence-electron chi connectivity index (χ4n) is 3.04. The molecule has 0 radical (unpaired) electrons. The van der Waals surface area contributed by atoms with Crippen molar-refractivity contribution in [3.63, 3.8) is 0 Å². The zero-order chi connectivity index (χ0) is 21.3. The van der Waals surface area contributed by atoms with Crippen LogP contribution in [0.4, 0.5) is 10.8 Å². The molecule has 30 heavy (non-hydrogen) atoms. The van der Waals surface area contributed by atoms with Gasteiger partial charge in [-0.1, -0.05) is 0 Å². The lowest BCUT2D eigenvalue weighted by Crippen LogP contribution is -2.18. The van der Waals surface area contributed by atoms with Crippen LogP contribution >= 0.6 is 11.3 Å². The van der Waals surface area contributed by atoms with E-state index in [1.807, 2.05) is 31.2 Å². The maximum Gasteiger partial charge on any atom is 0.286 e. The first-order valence-corrected chi connectivity index (χ1v) is 9.79. The third-order valence-electron chi connectivity index (χ3n) is 4.48. The Morgan fingerprint density at radius 3 is 2.50 bits per heavy atom. The molecule has 1 aliphatic heterocycles. The van der Waals surface area contributed by atoms with Crippen molar-refractivity contribution in [2.75, 3.05) is 25.6 Å². The van der Waals surface area contributed by atoms with E-state index >= 15 is 0 Å². The normalized spacial score (nSPS) is 12.3. The number of ether oxygens (including phenoxy) is 3. The highest BCUT2D eigenvalue weighted by Gasteiger charge is 2.27. The fourth-order valence-corrected chi connectivity index (χ4v) is 3.87. The minimum atomic E-state index is -0.645. The number of nitro benzene ring substituents is 1. The number of amides is 1. The topological polar surface area (TPSA) is 113 Å². The van der Waals surface area contributed by atoms with Gasteiger partial charge in [0, 0.05) is 16.5 Å². The molecule has 1 amide bonds. The van der Waals surface area contributed by atoms with E-state index in [-0.39, 0.29) is 17.0 Å². The van der Waals surface area contributed by atoms with Crippen LogP contribution in [0.2, 0.25) is 0 Å². The number of methoxy groups -OCH3 is 1. The van der Waals surface area contributed by atoms with Crippen LogP contribution in [0.25, 0.3) is 11.3 Å². The van der Waals surface area contributed by atoms with E-state index in [1.54, 1.807) is 7.11 Å². The van der Waals surface area contributed by atoms with Crippen LogP contribution < -0.4 is 19.5 Å². The molecule has 0 aliphatic carbocycles. The molecule has 0 saturated heterocycles. The van der Waals surface area contributed by atoms with Gasteiger partial charge < -0.3 is 14.2 Å². The summed E-state index contributed by atoms with van der Waals surface area (Å²) in [5, 5.41) is 14.5. The summed E-state index contributed by atoms with van der Waals surface area (Å²) in [6.45, 7) is 2.49. The molecular weight excluding hydrogens is 410 g/mol.